The van der Waals surface area contributed by atoms with Gasteiger partial charge in [0.05, 0.1) is 6.54 Å². The molecule has 0 saturated carbocycles. The van der Waals surface area contributed by atoms with Crippen molar-refractivity contribution in [2.45, 2.75) is 51.0 Å². The number of halogens is 3. The van der Waals surface area contributed by atoms with Crippen LogP contribution in [0.3, 0.4) is 0 Å². The summed E-state index contributed by atoms with van der Waals surface area (Å²) in [4.78, 5) is 2.19. The van der Waals surface area contributed by atoms with Crippen molar-refractivity contribution < 1.29 is 13.2 Å². The number of likely N-dealkylation sites (tertiary alicyclic amines) is 1. The van der Waals surface area contributed by atoms with E-state index in [1.807, 2.05) is 18.2 Å². The lowest BCUT2D eigenvalue weighted by atomic mass is 9.90. The Hall–Kier alpha value is -1.96. The molecule has 2 aromatic rings. The monoisotopic (exact) mass is 339 g/mol. The molecule has 1 aliphatic rings. The fourth-order valence-electron chi connectivity index (χ4n) is 3.38. The lowest BCUT2D eigenvalue weighted by molar-refractivity contribution is -0.143. The van der Waals surface area contributed by atoms with Crippen LogP contribution < -0.4 is 0 Å². The van der Waals surface area contributed by atoms with Gasteiger partial charge in [-0.05, 0) is 48.7 Å². The van der Waals surface area contributed by atoms with Gasteiger partial charge in [0.1, 0.15) is 6.54 Å². The Kier molecular flexibility index (Phi) is 4.58. The van der Waals surface area contributed by atoms with Gasteiger partial charge in [0.2, 0.25) is 0 Å². The second-order valence-corrected chi connectivity index (χ2v) is 6.55. The third-order valence-corrected chi connectivity index (χ3v) is 4.60. The quantitative estimate of drug-likeness (QED) is 0.840. The van der Waals surface area contributed by atoms with E-state index in [1.54, 1.807) is 0 Å². The summed E-state index contributed by atoms with van der Waals surface area (Å²) >= 11 is 0. The maximum Gasteiger partial charge on any atom is 0.408 e. The van der Waals surface area contributed by atoms with Gasteiger partial charge in [0.15, 0.2) is 5.82 Å². The highest BCUT2D eigenvalue weighted by Crippen LogP contribution is 2.33. The Morgan fingerprint density at radius 1 is 1.21 bits per heavy atom. The van der Waals surface area contributed by atoms with Gasteiger partial charge in [-0.2, -0.15) is 13.2 Å². The fraction of sp³-hybridized carbons (Fsp3) is 0.562. The van der Waals surface area contributed by atoms with Crippen LogP contribution >= 0.6 is 0 Å². The Balaban J connectivity index is 1.74. The van der Waals surface area contributed by atoms with Gasteiger partial charge in [-0.15, -0.1) is 5.10 Å². The van der Waals surface area contributed by atoms with Crippen molar-refractivity contribution in [2.24, 2.45) is 0 Å². The number of hydrogen-bond donors (Lipinski definition) is 0. The van der Waals surface area contributed by atoms with E-state index in [0.29, 0.717) is 6.54 Å². The first kappa shape index (κ1) is 16.9. The predicted molar refractivity (Wildman–Crippen MR) is 82.1 cm³/mol. The van der Waals surface area contributed by atoms with Crippen LogP contribution in [-0.4, -0.2) is 43.4 Å². The zero-order valence-electron chi connectivity index (χ0n) is 13.5. The molecule has 130 valence electrons. The van der Waals surface area contributed by atoms with Crippen LogP contribution in [0.25, 0.3) is 0 Å². The van der Waals surface area contributed by atoms with E-state index in [0.717, 1.165) is 30.5 Å². The van der Waals surface area contributed by atoms with Crippen LogP contribution in [0.15, 0.2) is 30.3 Å². The third kappa shape index (κ3) is 3.92. The van der Waals surface area contributed by atoms with Crippen LogP contribution in [0.1, 0.15) is 31.2 Å². The van der Waals surface area contributed by atoms with E-state index in [1.165, 1.54) is 5.56 Å². The number of tetrazole rings is 1. The van der Waals surface area contributed by atoms with Gasteiger partial charge in [0.25, 0.3) is 0 Å². The van der Waals surface area contributed by atoms with Gasteiger partial charge in [-0.25, -0.2) is 4.68 Å². The predicted octanol–water partition coefficient (Wildman–Crippen LogP) is 2.83. The number of alkyl halides is 3. The number of rotatable bonds is 5. The molecule has 0 N–H and O–H groups in total. The van der Waals surface area contributed by atoms with Gasteiger partial charge in [-0.3, -0.25) is 4.90 Å². The van der Waals surface area contributed by atoms with Crippen LogP contribution in [0, 0.1) is 0 Å². The van der Waals surface area contributed by atoms with Gasteiger partial charge in [-0.1, -0.05) is 30.3 Å². The van der Waals surface area contributed by atoms with Crippen molar-refractivity contribution in [1.82, 2.24) is 25.1 Å². The number of benzene rings is 1. The number of nitrogens with zero attached hydrogens (tertiary/aromatic N) is 5. The smallest absolute Gasteiger partial charge is 0.290 e. The molecule has 1 saturated heterocycles. The molecule has 1 aromatic carbocycles. The maximum absolute atomic E-state index is 12.6. The van der Waals surface area contributed by atoms with Crippen molar-refractivity contribution in [3.8, 4) is 0 Å². The summed E-state index contributed by atoms with van der Waals surface area (Å²) in [5.74, 6) is 0.258. The molecule has 1 aliphatic heterocycles. The Morgan fingerprint density at radius 2 is 1.96 bits per heavy atom. The second-order valence-electron chi connectivity index (χ2n) is 6.55. The summed E-state index contributed by atoms with van der Waals surface area (Å²) in [6.07, 6.45) is -1.45. The summed E-state index contributed by atoms with van der Waals surface area (Å²) in [6.45, 7) is 2.16. The lowest BCUT2D eigenvalue weighted by Crippen LogP contribution is -2.43. The molecule has 1 atom stereocenters. The van der Waals surface area contributed by atoms with Crippen LogP contribution in [0.4, 0.5) is 13.2 Å². The minimum absolute atomic E-state index is 0.101. The Morgan fingerprint density at radius 3 is 2.67 bits per heavy atom. The normalized spacial score (nSPS) is 22.2. The molecule has 1 fully saturated rings. The summed E-state index contributed by atoms with van der Waals surface area (Å²) in [6, 6.07) is 10.1. The number of aromatic nitrogens is 4. The minimum Gasteiger partial charge on any atom is -0.290 e. The van der Waals surface area contributed by atoms with E-state index >= 15 is 0 Å². The molecule has 0 spiro atoms. The molecule has 2 heterocycles. The SMILES string of the molecule is C[C@]1(Cc2ccccc2)CCCN1Cc1nnnn1CC(F)(F)F. The number of hydrogen-bond acceptors (Lipinski definition) is 4. The van der Waals surface area contributed by atoms with Gasteiger partial charge in [0, 0.05) is 5.54 Å². The highest BCUT2D eigenvalue weighted by Gasteiger charge is 2.38. The topological polar surface area (TPSA) is 46.8 Å². The molecular weight excluding hydrogens is 319 g/mol. The van der Waals surface area contributed by atoms with Crippen LogP contribution in [-0.2, 0) is 19.5 Å². The summed E-state index contributed by atoms with van der Waals surface area (Å²) in [5.41, 5.74) is 1.12. The molecule has 8 heteroatoms. The minimum atomic E-state index is -4.33. The second kappa shape index (κ2) is 6.51. The molecule has 0 unspecified atom stereocenters. The van der Waals surface area contributed by atoms with Gasteiger partial charge >= 0.3 is 6.18 Å². The highest BCUT2D eigenvalue weighted by atomic mass is 19.4. The molecule has 0 amide bonds. The zero-order valence-corrected chi connectivity index (χ0v) is 13.5. The largest absolute Gasteiger partial charge is 0.408 e. The molecule has 1 aromatic heterocycles. The van der Waals surface area contributed by atoms with Crippen molar-refractivity contribution in [3.63, 3.8) is 0 Å². The first-order valence-electron chi connectivity index (χ1n) is 7.96. The van der Waals surface area contributed by atoms with Crippen LogP contribution in [0.2, 0.25) is 0 Å². The molecule has 3 rings (SSSR count). The molecule has 0 aliphatic carbocycles. The molecule has 0 bridgehead atoms. The van der Waals surface area contributed by atoms with E-state index < -0.39 is 12.7 Å². The summed E-state index contributed by atoms with van der Waals surface area (Å²) in [5, 5.41) is 10.7. The molecular formula is C16H20F3N5. The van der Waals surface area contributed by atoms with Crippen LogP contribution in [0.5, 0.6) is 0 Å². The lowest BCUT2D eigenvalue weighted by Gasteiger charge is -2.35. The van der Waals surface area contributed by atoms with Crippen molar-refractivity contribution >= 4 is 0 Å². The Bertz CT molecular complexity index is 670. The molecule has 24 heavy (non-hydrogen) atoms. The summed E-state index contributed by atoms with van der Waals surface area (Å²) < 4.78 is 38.7. The highest BCUT2D eigenvalue weighted by molar-refractivity contribution is 5.18. The van der Waals surface area contributed by atoms with E-state index in [9.17, 15) is 13.2 Å². The van der Waals surface area contributed by atoms with Gasteiger partial charge < -0.3 is 0 Å². The van der Waals surface area contributed by atoms with E-state index in [-0.39, 0.29) is 11.4 Å². The van der Waals surface area contributed by atoms with E-state index in [4.69, 9.17) is 0 Å². The first-order valence-corrected chi connectivity index (χ1v) is 7.96. The van der Waals surface area contributed by atoms with Crippen molar-refractivity contribution in [1.29, 1.82) is 0 Å². The molecule has 0 radical (unpaired) electrons. The van der Waals surface area contributed by atoms with E-state index in [2.05, 4.69) is 39.5 Å². The zero-order chi connectivity index (χ0) is 17.2. The fourth-order valence-corrected chi connectivity index (χ4v) is 3.38. The average molecular weight is 339 g/mol. The average Bonchev–Trinajstić information content (AvgIpc) is 3.07. The third-order valence-electron chi connectivity index (χ3n) is 4.60. The maximum atomic E-state index is 12.6. The Labute approximate surface area is 138 Å². The van der Waals surface area contributed by atoms with Crippen molar-refractivity contribution in [3.05, 3.63) is 41.7 Å². The first-order chi connectivity index (χ1) is 11.4. The van der Waals surface area contributed by atoms with Crippen molar-refractivity contribution in [2.75, 3.05) is 6.54 Å². The standard InChI is InChI=1S/C16H20F3N5/c1-15(10-13-6-3-2-4-7-13)8-5-9-23(15)11-14-20-21-22-24(14)12-16(17,18)19/h2-4,6-7H,5,8-12H2,1H3/t15-/m1/s1. The summed E-state index contributed by atoms with van der Waals surface area (Å²) in [7, 11) is 0. The molecule has 5 nitrogen and oxygen atoms in total.